The zero-order chi connectivity index (χ0) is 13.8. The first-order chi connectivity index (χ1) is 9.08. The second-order valence-corrected chi connectivity index (χ2v) is 5.57. The van der Waals surface area contributed by atoms with Gasteiger partial charge in [-0.2, -0.15) is 10.3 Å². The van der Waals surface area contributed by atoms with Crippen molar-refractivity contribution in [3.63, 3.8) is 0 Å². The number of rotatable bonds is 4. The molecule has 1 atom stereocenters. The van der Waals surface area contributed by atoms with E-state index in [4.69, 9.17) is 4.74 Å². The maximum atomic E-state index is 12.0. The Hall–Kier alpha value is -1.82. The number of thioether (sulfide) groups is 1. The fourth-order valence-corrected chi connectivity index (χ4v) is 2.33. The van der Waals surface area contributed by atoms with E-state index < -0.39 is 0 Å². The molecule has 0 fully saturated rings. The Bertz CT molecular complexity index is 549. The fourth-order valence-electron chi connectivity index (χ4n) is 1.62. The third-order valence-electron chi connectivity index (χ3n) is 2.63. The molecule has 0 spiro atoms. The Kier molecular flexibility index (Phi) is 4.21. The highest BCUT2D eigenvalue weighted by molar-refractivity contribution is 8.00. The highest BCUT2D eigenvalue weighted by Crippen LogP contribution is 2.26. The van der Waals surface area contributed by atoms with Gasteiger partial charge in [-0.25, -0.2) is 0 Å². The van der Waals surface area contributed by atoms with Gasteiger partial charge in [-0.3, -0.25) is 4.79 Å². The Labute approximate surface area is 115 Å². The Morgan fingerprint density at radius 1 is 1.37 bits per heavy atom. The van der Waals surface area contributed by atoms with Crippen molar-refractivity contribution in [1.29, 1.82) is 0 Å². The lowest BCUT2D eigenvalue weighted by atomic mass is 10.1. The van der Waals surface area contributed by atoms with E-state index in [0.717, 1.165) is 11.1 Å². The van der Waals surface area contributed by atoms with E-state index in [1.165, 1.54) is 11.8 Å². The molecule has 100 valence electrons. The summed E-state index contributed by atoms with van der Waals surface area (Å²) in [6, 6.07) is 5.78. The van der Waals surface area contributed by atoms with Gasteiger partial charge in [-0.05, 0) is 31.9 Å². The van der Waals surface area contributed by atoms with Gasteiger partial charge in [0.25, 0.3) is 0 Å². The van der Waals surface area contributed by atoms with E-state index in [1.54, 1.807) is 13.1 Å². The van der Waals surface area contributed by atoms with Gasteiger partial charge < -0.3 is 4.74 Å². The standard InChI is InChI=1S/C13H15N3O2S/c1-8-5-4-6-9(2)12(8)18-13(17)10(3)19-11-7-14-16-15-11/h4-7,10H,1-3H3,(H,14,15,16). The predicted octanol–water partition coefficient (Wildman–Crippen LogP) is 2.51. The van der Waals surface area contributed by atoms with Crippen LogP contribution in [0.5, 0.6) is 5.75 Å². The second-order valence-electron chi connectivity index (χ2n) is 4.21. The van der Waals surface area contributed by atoms with Gasteiger partial charge >= 0.3 is 5.97 Å². The first kappa shape index (κ1) is 13.6. The maximum absolute atomic E-state index is 12.0. The molecule has 0 aliphatic heterocycles. The number of H-pyrrole nitrogens is 1. The van der Waals surface area contributed by atoms with Gasteiger partial charge in [-0.15, -0.1) is 5.10 Å². The van der Waals surface area contributed by atoms with Gasteiger partial charge in [0.15, 0.2) is 0 Å². The van der Waals surface area contributed by atoms with Crippen LogP contribution in [-0.4, -0.2) is 26.6 Å². The number of aryl methyl sites for hydroxylation is 2. The molecule has 0 amide bonds. The molecule has 1 unspecified atom stereocenters. The van der Waals surface area contributed by atoms with Crippen LogP contribution < -0.4 is 4.74 Å². The van der Waals surface area contributed by atoms with Crippen molar-refractivity contribution in [2.24, 2.45) is 0 Å². The number of hydrogen-bond acceptors (Lipinski definition) is 5. The summed E-state index contributed by atoms with van der Waals surface area (Å²) < 4.78 is 5.47. The first-order valence-corrected chi connectivity index (χ1v) is 6.76. The molecule has 0 aliphatic rings. The number of ether oxygens (including phenoxy) is 1. The number of hydrogen-bond donors (Lipinski definition) is 1. The molecule has 1 N–H and O–H groups in total. The highest BCUT2D eigenvalue weighted by Gasteiger charge is 2.19. The molecule has 0 saturated heterocycles. The number of carbonyl (C=O) groups excluding carboxylic acids is 1. The number of nitrogens with one attached hydrogen (secondary N) is 1. The van der Waals surface area contributed by atoms with Crippen molar-refractivity contribution in [2.45, 2.75) is 31.0 Å². The molecule has 0 bridgehead atoms. The van der Waals surface area contributed by atoms with Crippen LogP contribution in [0.2, 0.25) is 0 Å². The molecule has 5 nitrogen and oxygen atoms in total. The zero-order valence-corrected chi connectivity index (χ0v) is 11.8. The molecule has 0 aliphatic carbocycles. The molecule has 19 heavy (non-hydrogen) atoms. The third-order valence-corrected chi connectivity index (χ3v) is 3.62. The van der Waals surface area contributed by atoms with Crippen LogP contribution in [0.4, 0.5) is 0 Å². The smallest absolute Gasteiger partial charge is 0.324 e. The van der Waals surface area contributed by atoms with E-state index >= 15 is 0 Å². The Morgan fingerprint density at radius 2 is 2.05 bits per heavy atom. The predicted molar refractivity (Wildman–Crippen MR) is 73.3 cm³/mol. The van der Waals surface area contributed by atoms with Crippen LogP contribution in [0, 0.1) is 13.8 Å². The average Bonchev–Trinajstić information content (AvgIpc) is 2.86. The second kappa shape index (κ2) is 5.88. The summed E-state index contributed by atoms with van der Waals surface area (Å²) in [4.78, 5) is 12.0. The van der Waals surface area contributed by atoms with Crippen LogP contribution in [-0.2, 0) is 4.79 Å². The molecular weight excluding hydrogens is 262 g/mol. The summed E-state index contributed by atoms with van der Waals surface area (Å²) in [5, 5.41) is 10.4. The van der Waals surface area contributed by atoms with Gasteiger partial charge in [0.2, 0.25) is 0 Å². The van der Waals surface area contributed by atoms with Crippen LogP contribution in [0.1, 0.15) is 18.1 Å². The van der Waals surface area contributed by atoms with Crippen molar-refractivity contribution in [2.75, 3.05) is 0 Å². The number of nitrogens with zero attached hydrogens (tertiary/aromatic N) is 2. The topological polar surface area (TPSA) is 67.9 Å². The number of aromatic amines is 1. The van der Waals surface area contributed by atoms with Crippen molar-refractivity contribution in [1.82, 2.24) is 15.4 Å². The fraction of sp³-hybridized carbons (Fsp3) is 0.308. The van der Waals surface area contributed by atoms with E-state index in [9.17, 15) is 4.79 Å². The Balaban J connectivity index is 2.04. The average molecular weight is 277 g/mol. The maximum Gasteiger partial charge on any atom is 0.324 e. The molecule has 1 aromatic carbocycles. The molecule has 1 aromatic heterocycles. The molecule has 0 saturated carbocycles. The van der Waals surface area contributed by atoms with Gasteiger partial charge in [0, 0.05) is 0 Å². The lowest BCUT2D eigenvalue weighted by Crippen LogP contribution is -2.20. The number of esters is 1. The molecule has 0 radical (unpaired) electrons. The number of para-hydroxylation sites is 1. The van der Waals surface area contributed by atoms with E-state index in [1.807, 2.05) is 32.0 Å². The van der Waals surface area contributed by atoms with Gasteiger partial charge in [-0.1, -0.05) is 30.0 Å². The third kappa shape index (κ3) is 3.35. The first-order valence-electron chi connectivity index (χ1n) is 5.88. The van der Waals surface area contributed by atoms with E-state index in [-0.39, 0.29) is 11.2 Å². The quantitative estimate of drug-likeness (QED) is 0.528. The lowest BCUT2D eigenvalue weighted by molar-refractivity contribution is -0.133. The van der Waals surface area contributed by atoms with E-state index in [2.05, 4.69) is 15.4 Å². The minimum absolute atomic E-state index is 0.287. The molecule has 2 rings (SSSR count). The summed E-state index contributed by atoms with van der Waals surface area (Å²) in [6.45, 7) is 5.63. The Morgan fingerprint density at radius 3 is 2.63 bits per heavy atom. The normalized spacial score (nSPS) is 12.2. The SMILES string of the molecule is Cc1cccc(C)c1OC(=O)C(C)Sc1cn[nH]n1. The van der Waals surface area contributed by atoms with Crippen LogP contribution >= 0.6 is 11.8 Å². The van der Waals surface area contributed by atoms with Crippen molar-refractivity contribution >= 4 is 17.7 Å². The molecular formula is C13H15N3O2S. The van der Waals surface area contributed by atoms with Crippen LogP contribution in [0.15, 0.2) is 29.4 Å². The van der Waals surface area contributed by atoms with Crippen molar-refractivity contribution < 1.29 is 9.53 Å². The number of benzene rings is 1. The molecule has 1 heterocycles. The number of carbonyl (C=O) groups is 1. The van der Waals surface area contributed by atoms with Crippen LogP contribution in [0.3, 0.4) is 0 Å². The highest BCUT2D eigenvalue weighted by atomic mass is 32.2. The minimum atomic E-state index is -0.343. The van der Waals surface area contributed by atoms with Gasteiger partial charge in [0.05, 0.1) is 6.20 Å². The summed E-state index contributed by atoms with van der Waals surface area (Å²) in [5.41, 5.74) is 1.90. The summed E-state index contributed by atoms with van der Waals surface area (Å²) >= 11 is 1.31. The van der Waals surface area contributed by atoms with E-state index in [0.29, 0.717) is 10.8 Å². The minimum Gasteiger partial charge on any atom is -0.425 e. The summed E-state index contributed by atoms with van der Waals surface area (Å²) in [5.74, 6) is 0.352. The van der Waals surface area contributed by atoms with Gasteiger partial charge in [0.1, 0.15) is 16.0 Å². The molecule has 2 aromatic rings. The lowest BCUT2D eigenvalue weighted by Gasteiger charge is -2.13. The largest absolute Gasteiger partial charge is 0.425 e. The van der Waals surface area contributed by atoms with Crippen molar-refractivity contribution in [3.8, 4) is 5.75 Å². The number of aromatic nitrogens is 3. The van der Waals surface area contributed by atoms with Crippen molar-refractivity contribution in [3.05, 3.63) is 35.5 Å². The molecule has 6 heteroatoms. The zero-order valence-electron chi connectivity index (χ0n) is 11.0. The monoisotopic (exact) mass is 277 g/mol. The summed E-state index contributed by atoms with van der Waals surface area (Å²) in [7, 11) is 0. The van der Waals surface area contributed by atoms with Crippen LogP contribution in [0.25, 0.3) is 0 Å². The summed E-state index contributed by atoms with van der Waals surface area (Å²) in [6.07, 6.45) is 1.58.